The third-order valence-corrected chi connectivity index (χ3v) is 11.8. The summed E-state index contributed by atoms with van der Waals surface area (Å²) in [4.78, 5) is 26.3. The van der Waals surface area contributed by atoms with Crippen molar-refractivity contribution in [1.82, 2.24) is 9.97 Å². The second-order valence-corrected chi connectivity index (χ2v) is 17.6. The fourth-order valence-corrected chi connectivity index (χ4v) is 8.10. The van der Waals surface area contributed by atoms with Crippen LogP contribution in [0.3, 0.4) is 0 Å². The van der Waals surface area contributed by atoms with E-state index in [2.05, 4.69) is 176 Å². The minimum Gasteiger partial charge on any atom is -0.498 e. The standard InChI is InChI=1S/2C19H17N3.2C13H11N2.2Pt/c2*1-14(2)21-13-22(19-18(21)8-5-11-20-19)17-10-9-15-6-3-4-7-16(15)12-17;2*1-3-7-12(8-4-1)14-11-15-13-9-5-2-6-10-13;;/h2*3-9,11-14H,1-2H3;2*1-11H;;/q2*-2;2*-1;;. The van der Waals surface area contributed by atoms with Crippen LogP contribution in [0.2, 0.25) is 0 Å². The first-order valence-electron chi connectivity index (χ1n) is 24.6. The summed E-state index contributed by atoms with van der Waals surface area (Å²) >= 11 is 0. The fourth-order valence-electron chi connectivity index (χ4n) is 8.10. The molecule has 0 atom stereocenters. The van der Waals surface area contributed by atoms with E-state index in [9.17, 15) is 0 Å². The van der Waals surface area contributed by atoms with Crippen molar-refractivity contribution < 1.29 is 42.1 Å². The Morgan fingerprint density at radius 2 is 0.776 bits per heavy atom. The molecule has 0 saturated heterocycles. The predicted molar refractivity (Wildman–Crippen MR) is 310 cm³/mol. The van der Waals surface area contributed by atoms with Crippen LogP contribution in [0, 0.1) is 25.5 Å². The van der Waals surface area contributed by atoms with Crippen molar-refractivity contribution >= 4 is 91.4 Å². The van der Waals surface area contributed by atoms with Crippen molar-refractivity contribution in [1.29, 1.82) is 0 Å². The van der Waals surface area contributed by atoms with Crippen molar-refractivity contribution in [2.24, 2.45) is 9.98 Å². The Bertz CT molecular complexity index is 3170. The molecule has 0 fully saturated rings. The van der Waals surface area contributed by atoms with E-state index < -0.39 is 0 Å². The summed E-state index contributed by atoms with van der Waals surface area (Å²) in [5, 5.41) is 13.2. The van der Waals surface area contributed by atoms with E-state index >= 15 is 0 Å². The maximum absolute atomic E-state index is 4.56. The quantitative estimate of drug-likeness (QED) is 0.0770. The monoisotopic (exact) mass is 1350 g/mol. The van der Waals surface area contributed by atoms with E-state index in [0.29, 0.717) is 12.1 Å². The van der Waals surface area contributed by atoms with E-state index in [1.165, 1.54) is 21.5 Å². The van der Waals surface area contributed by atoms with Crippen molar-refractivity contribution in [3.63, 3.8) is 0 Å². The normalized spacial score (nSPS) is 12.2. The van der Waals surface area contributed by atoms with Gasteiger partial charge in [0.15, 0.2) is 0 Å². The van der Waals surface area contributed by atoms with Gasteiger partial charge in [-0.05, 0) is 86.8 Å². The molecule has 12 heteroatoms. The molecule has 8 aromatic carbocycles. The molecule has 0 aliphatic carbocycles. The largest absolute Gasteiger partial charge is 0.498 e. The van der Waals surface area contributed by atoms with Gasteiger partial charge in [-0.3, -0.25) is 0 Å². The maximum atomic E-state index is 4.56. The van der Waals surface area contributed by atoms with Crippen molar-refractivity contribution in [3.8, 4) is 0 Å². The van der Waals surface area contributed by atoms with Gasteiger partial charge in [0.2, 0.25) is 0 Å². The number of anilines is 6. The van der Waals surface area contributed by atoms with Crippen LogP contribution in [0.5, 0.6) is 0 Å². The van der Waals surface area contributed by atoms with Gasteiger partial charge in [0.1, 0.15) is 11.6 Å². The van der Waals surface area contributed by atoms with Crippen molar-refractivity contribution in [2.75, 3.05) is 19.6 Å². The Hall–Kier alpha value is -7.90. The number of fused-ring (bicyclic) bond motifs is 4. The molecule has 0 saturated carbocycles. The number of benzene rings is 8. The summed E-state index contributed by atoms with van der Waals surface area (Å²) in [5.74, 6) is 1.92. The molecule has 2 aliphatic heterocycles. The molecular weight excluding hydrogens is 1300 g/mol. The number of hydrogen-bond acceptors (Lipinski definition) is 8. The van der Waals surface area contributed by atoms with Crippen LogP contribution in [0.4, 0.5) is 57.1 Å². The topological polar surface area (TPSA) is 91.7 Å². The summed E-state index contributed by atoms with van der Waals surface area (Å²) < 4.78 is 0. The second-order valence-electron chi connectivity index (χ2n) is 17.6. The number of nitrogens with zero attached hydrogens (tertiary/aromatic N) is 10. The third kappa shape index (κ3) is 14.7. The molecule has 0 amide bonds. The van der Waals surface area contributed by atoms with Crippen LogP contribution in [0.15, 0.2) is 241 Å². The molecule has 10 nitrogen and oxygen atoms in total. The van der Waals surface area contributed by atoms with E-state index in [-0.39, 0.29) is 42.1 Å². The van der Waals surface area contributed by atoms with E-state index in [0.717, 1.165) is 57.1 Å². The molecule has 4 heterocycles. The number of pyridine rings is 2. The fraction of sp³-hybridized carbons (Fsp3) is 0.0938. The van der Waals surface area contributed by atoms with Gasteiger partial charge in [-0.2, -0.15) is 24.3 Å². The molecule has 10 aromatic rings. The average Bonchev–Trinajstić information content (AvgIpc) is 4.06. The van der Waals surface area contributed by atoms with Gasteiger partial charge >= 0.3 is 0 Å². The van der Waals surface area contributed by atoms with Crippen molar-refractivity contribution in [3.05, 3.63) is 267 Å². The summed E-state index contributed by atoms with van der Waals surface area (Å²) in [6.07, 6.45) is 6.82. The molecule has 0 unspecified atom stereocenters. The van der Waals surface area contributed by atoms with E-state index in [1.807, 2.05) is 158 Å². The summed E-state index contributed by atoms with van der Waals surface area (Å²) in [7, 11) is 0. The Morgan fingerprint density at radius 3 is 1.14 bits per heavy atom. The number of rotatable bonds is 10. The smallest absolute Gasteiger partial charge is 0.124 e. The zero-order valence-electron chi connectivity index (χ0n) is 42.5. The Kier molecular flexibility index (Phi) is 20.7. The van der Waals surface area contributed by atoms with Gasteiger partial charge in [0, 0.05) is 65.9 Å². The van der Waals surface area contributed by atoms with Gasteiger partial charge in [-0.25, -0.2) is 9.97 Å². The first-order valence-corrected chi connectivity index (χ1v) is 24.6. The average molecular weight is 1360 g/mol. The van der Waals surface area contributed by atoms with Crippen LogP contribution >= 0.6 is 0 Å². The Balaban J connectivity index is 0.000000149. The molecular formula is C64H56N10Pt2-6. The van der Waals surface area contributed by atoms with Crippen LogP contribution in [0.1, 0.15) is 27.7 Å². The number of aliphatic imine (C=N–C) groups is 2. The molecule has 0 spiro atoms. The van der Waals surface area contributed by atoms with Gasteiger partial charge in [0.25, 0.3) is 0 Å². The Labute approximate surface area is 476 Å². The zero-order chi connectivity index (χ0) is 50.9. The van der Waals surface area contributed by atoms with Crippen molar-refractivity contribution in [2.45, 2.75) is 39.8 Å². The maximum Gasteiger partial charge on any atom is 0.124 e. The van der Waals surface area contributed by atoms with Crippen LogP contribution in [-0.2, 0) is 42.1 Å². The third-order valence-electron chi connectivity index (χ3n) is 11.8. The van der Waals surface area contributed by atoms with E-state index in [1.54, 1.807) is 12.7 Å². The molecule has 0 bridgehead atoms. The number of hydrogen-bond donors (Lipinski definition) is 0. The summed E-state index contributed by atoms with van der Waals surface area (Å²) in [5.41, 5.74) is 7.96. The molecule has 388 valence electrons. The summed E-state index contributed by atoms with van der Waals surface area (Å²) in [6, 6.07) is 79.8. The summed E-state index contributed by atoms with van der Waals surface area (Å²) in [6.45, 7) is 13.0. The van der Waals surface area contributed by atoms with Gasteiger partial charge in [0.05, 0.1) is 0 Å². The number of para-hydroxylation sites is 4. The molecule has 76 heavy (non-hydrogen) atoms. The van der Waals surface area contributed by atoms with E-state index in [4.69, 9.17) is 0 Å². The zero-order valence-corrected chi connectivity index (χ0v) is 47.1. The van der Waals surface area contributed by atoms with Gasteiger partial charge in [-0.1, -0.05) is 170 Å². The predicted octanol–water partition coefficient (Wildman–Crippen LogP) is 17.1. The van der Waals surface area contributed by atoms with Crippen LogP contribution < -0.4 is 19.6 Å². The molecule has 0 N–H and O–H groups in total. The molecule has 12 rings (SSSR count). The SMILES string of the molecule is C(=Nc1ccccc1)[N-]c1ccccc1.C(=Nc1ccccc1)[N-]c1ccccc1.CC(C)N1[CH-]N(c2[c-]cc3ccccc3c2)c2ncccc21.CC(C)N1[CH-]N(c2[c-]cc3ccccc3c2)c2ncccc21.[Pt].[Pt]. The Morgan fingerprint density at radius 1 is 0.434 bits per heavy atom. The molecule has 0 radical (unpaired) electrons. The minimum absolute atomic E-state index is 0. The number of aromatic nitrogens is 2. The molecule has 2 aromatic heterocycles. The first kappa shape index (κ1) is 55.8. The second kappa shape index (κ2) is 28.1. The van der Waals surface area contributed by atoms with Crippen LogP contribution in [-0.4, -0.2) is 34.7 Å². The van der Waals surface area contributed by atoms with Gasteiger partial charge < -0.3 is 40.2 Å². The minimum atomic E-state index is 0. The first-order chi connectivity index (χ1) is 36.4. The van der Waals surface area contributed by atoms with Gasteiger partial charge in [-0.15, -0.1) is 70.5 Å². The van der Waals surface area contributed by atoms with Crippen LogP contribution in [0.25, 0.3) is 32.2 Å². The molecule has 2 aliphatic rings.